The highest BCUT2D eigenvalue weighted by atomic mass is 16.6. The van der Waals surface area contributed by atoms with E-state index in [1.165, 1.54) is 18.3 Å². The molecule has 5 aliphatic rings. The number of nitrogens with two attached hydrogens (primary N) is 2. The summed E-state index contributed by atoms with van der Waals surface area (Å²) in [4.78, 5) is 114. The van der Waals surface area contributed by atoms with Gasteiger partial charge < -0.3 is 93.7 Å². The number of aliphatic hydroxyl groups is 3. The maximum Gasteiger partial charge on any atom is 0.329 e. The largest absolute Gasteiger partial charge is 0.460 e. The van der Waals surface area contributed by atoms with Crippen molar-refractivity contribution in [3.05, 3.63) is 127 Å². The second-order valence-electron chi connectivity index (χ2n) is 37.7. The Morgan fingerprint density at radius 1 is 0.736 bits per heavy atom. The van der Waals surface area contributed by atoms with Crippen molar-refractivity contribution in [1.29, 1.82) is 0 Å². The van der Waals surface area contributed by atoms with E-state index in [4.69, 9.17) is 78.3 Å². The van der Waals surface area contributed by atoms with Crippen LogP contribution >= 0.6 is 0 Å². The quantitative estimate of drug-likeness (QED) is 0.00907. The Bertz CT molecular complexity index is 5510. The molecule has 13 rings (SSSR count). The highest BCUT2D eigenvalue weighted by molar-refractivity contribution is 6.39. The minimum Gasteiger partial charge on any atom is -0.460 e. The monoisotopic (exact) mass is 1940 g/mol. The fourth-order valence-electron chi connectivity index (χ4n) is 19.4. The van der Waals surface area contributed by atoms with Gasteiger partial charge in [0.25, 0.3) is 17.7 Å². The molecule has 11 unspecified atom stereocenters. The first-order valence-electron chi connectivity index (χ1n) is 49.3. The predicted molar refractivity (Wildman–Crippen MR) is 521 cm³/mol. The van der Waals surface area contributed by atoms with Gasteiger partial charge in [0.2, 0.25) is 17.6 Å². The van der Waals surface area contributed by atoms with E-state index in [-0.39, 0.29) is 92.3 Å². The van der Waals surface area contributed by atoms with E-state index in [0.29, 0.717) is 215 Å². The van der Waals surface area contributed by atoms with Crippen molar-refractivity contribution < 1.29 is 95.9 Å². The molecule has 0 radical (unpaired) electrons. The van der Waals surface area contributed by atoms with Crippen LogP contribution in [-0.2, 0) is 95.8 Å². The summed E-state index contributed by atoms with van der Waals surface area (Å²) < 4.78 is 70.2. The number of unbranched alkanes of at least 4 members (excludes halogenated alkanes) is 1. The zero-order valence-corrected chi connectivity index (χ0v) is 82.4. The number of ketones is 3. The number of rotatable bonds is 38. The number of aryl methyl sites for hydroxylation is 1. The number of Topliss-reactive ketones (excluding diaryl/α,β-unsaturated/α-hetero) is 3. The number of carbonyl (C=O) groups is 6. The third kappa shape index (κ3) is 28.3. The van der Waals surface area contributed by atoms with Crippen LogP contribution < -0.4 is 21.7 Å². The number of nitrogens with zero attached hydrogens (tertiary/aromatic N) is 16. The second-order valence-corrected chi connectivity index (χ2v) is 37.7. The number of ether oxygens (including phenoxy) is 10. The Kier molecular flexibility index (Phi) is 39.7. The number of amides is 2. The zero-order chi connectivity index (χ0) is 99.4. The van der Waals surface area contributed by atoms with Crippen LogP contribution in [0.25, 0.3) is 55.8 Å². The minimum atomic E-state index is -2.49. The molecular weight excluding hydrogens is 1800 g/mol. The van der Waals surface area contributed by atoms with Gasteiger partial charge in [0.05, 0.1) is 119 Å². The highest BCUT2D eigenvalue weighted by Crippen LogP contribution is 2.43. The molecule has 8 aromatic rings. The molecule has 1 saturated carbocycles. The summed E-state index contributed by atoms with van der Waals surface area (Å²) in [5.74, 6) is -7.74. The first-order chi connectivity index (χ1) is 67.7. The van der Waals surface area contributed by atoms with Gasteiger partial charge in [-0.1, -0.05) is 99.7 Å². The zero-order valence-electron chi connectivity index (χ0n) is 82.4. The molecule has 10 heterocycles. The van der Waals surface area contributed by atoms with Crippen molar-refractivity contribution in [2.75, 3.05) is 143 Å². The van der Waals surface area contributed by atoms with E-state index in [1.54, 1.807) is 62.7 Å². The number of methoxy groups -OCH3 is 3. The second kappa shape index (κ2) is 52.2. The van der Waals surface area contributed by atoms with Gasteiger partial charge >= 0.3 is 5.97 Å². The van der Waals surface area contributed by atoms with Gasteiger partial charge in [-0.2, -0.15) is 10.1 Å². The smallest absolute Gasteiger partial charge is 0.329 e. The summed E-state index contributed by atoms with van der Waals surface area (Å²) in [5, 5.41) is 61.0. The Balaban J connectivity index is 0.519. The molecule has 4 fully saturated rings. The van der Waals surface area contributed by atoms with Gasteiger partial charge in [0.15, 0.2) is 17.0 Å². The van der Waals surface area contributed by atoms with Crippen LogP contribution in [0.4, 0.5) is 17.8 Å². The number of nitrogen functional groups attached to an aromatic ring is 2. The Labute approximate surface area is 817 Å². The van der Waals surface area contributed by atoms with Crippen molar-refractivity contribution >= 4 is 75.0 Å². The number of aliphatic hydroxyl groups excluding tert-OH is 2. The minimum absolute atomic E-state index is 0.0201. The van der Waals surface area contributed by atoms with E-state index in [0.717, 1.165) is 58.5 Å². The lowest BCUT2D eigenvalue weighted by molar-refractivity contribution is -0.265. The van der Waals surface area contributed by atoms with Gasteiger partial charge in [-0.25, -0.2) is 38.8 Å². The van der Waals surface area contributed by atoms with Crippen LogP contribution in [0.2, 0.25) is 0 Å². The number of benzene rings is 2. The average molecular weight is 1940 g/mol. The molecule has 39 heteroatoms. The highest BCUT2D eigenvalue weighted by Gasteiger charge is 2.53. The first-order valence-corrected chi connectivity index (χ1v) is 49.3. The standard InChI is InChI=1S/C101H141N19O20/c1-64-20-12-11-13-21-65(2)85(130-8)54-78-28-25-70(7)101(129,140-78)94(126)97(127)118-33-16-14-24-81(118)98(128)138-86(55-83(122)66(3)49-69(6)92(125)93(132-10)91(124)68(5)48-64)67(4)50-71-26-29-80(87(51-71)131-9)120-82(58-109-113-120)73-23-18-22-72(52-73)75-56-105-100(106-57-75)116-36-35-115(77(61-116)62-121)59-76-60-117(114-111-76)37-41-136-45-47-137-46-43-134-39-19-38-133-42-44-135-40-31-88(123)104-32-15-17-34-119-96-89(95(102)107-63-108-96)90(112-119)74-27-30-84-79(53-74)110-99(103)139-84/h11-13,18,20-23,27,30,49,52-53,56-58,60,63-64,66-68,70-71,77-78,80-81,85-87,92-93,121,125,129H,14-17,19,24-26,28-29,31-48,50-51,54-55,59,61-62H2,1-10H3,(H2,103,110)(H,104,123)(H2,102,107,108)/b13-11+,20-12+,65-21+,69-49+/t64?,66?,67?,68?,70-,71?,77?,78+,80?,81?,85?,86?,87-,92?,93+,101-/m1/s1. The average Bonchev–Trinajstić information content (AvgIpc) is 1.40. The van der Waals surface area contributed by atoms with Gasteiger partial charge in [-0.05, 0) is 156 Å². The summed E-state index contributed by atoms with van der Waals surface area (Å²) in [7, 11) is 4.64. The molecule has 16 atom stereocenters. The maximum absolute atomic E-state index is 15.0. The molecule has 140 heavy (non-hydrogen) atoms. The Morgan fingerprint density at radius 3 is 2.25 bits per heavy atom. The molecule has 8 N–H and O–H groups in total. The number of piperazine rings is 1. The SMILES string of the molecule is COC1C[C@@H]2CC[C@@H](C)[C@@](O)(O2)C(=O)C(=O)N2CCCCC2C(=O)OC(C(C)CC2CCC(n3nncc3-c3cccc(-c4cnc(N5CCN(Cc6cn(CCOCCOCCOCCCOCCOCCC(=O)NCCCCn7nc(-c8ccc9oc(N)nc9c8)c8c(N)ncnc87)nn6)C(CO)C5)nc4)c3)[C@H](OC)C2)CC(=O)C(C)/C=C(\C)C(O)[C@@H](OC)C(=O)C(C)CC(C)/C=C/C=C/C=C/1C. The van der Waals surface area contributed by atoms with Crippen LogP contribution in [-0.4, -0.2) is 306 Å². The number of piperidine rings is 1. The molecule has 760 valence electrons. The Morgan fingerprint density at radius 2 is 1.49 bits per heavy atom. The number of aromatic nitrogens is 13. The number of hydrogen-bond donors (Lipinski definition) is 6. The fraction of sp³-hybridized carbons (Fsp3) is 0.604. The molecule has 2 amide bonds. The van der Waals surface area contributed by atoms with Gasteiger partial charge in [-0.15, -0.1) is 10.2 Å². The third-order valence-electron chi connectivity index (χ3n) is 27.5. The number of anilines is 3. The molecule has 6 aromatic heterocycles. The molecule has 39 nitrogen and oxygen atoms in total. The predicted octanol–water partition coefficient (Wildman–Crippen LogP) is 9.62. The topological polar surface area (TPSA) is 486 Å². The molecule has 1 aliphatic carbocycles. The van der Waals surface area contributed by atoms with E-state index < -0.39 is 83.7 Å². The van der Waals surface area contributed by atoms with Crippen LogP contribution in [0, 0.1) is 35.5 Å². The van der Waals surface area contributed by atoms with Crippen LogP contribution in [0.15, 0.2) is 126 Å². The molecule has 3 saturated heterocycles. The van der Waals surface area contributed by atoms with Gasteiger partial charge in [0, 0.05) is 153 Å². The van der Waals surface area contributed by atoms with E-state index in [2.05, 4.69) is 56.8 Å². The summed E-state index contributed by atoms with van der Waals surface area (Å²) in [6.07, 6.45) is 22.4. The third-order valence-corrected chi connectivity index (χ3v) is 27.5. The Hall–Kier alpha value is -10.9. The summed E-state index contributed by atoms with van der Waals surface area (Å²) in [6.45, 7) is 20.7. The molecule has 2 aromatic carbocycles. The van der Waals surface area contributed by atoms with E-state index in [1.807, 2.05) is 112 Å². The van der Waals surface area contributed by atoms with Crippen molar-refractivity contribution in [2.24, 2.45) is 35.5 Å². The number of fused-ring (bicyclic) bond motifs is 5. The summed E-state index contributed by atoms with van der Waals surface area (Å²) in [5.41, 5.74) is 20.6. The van der Waals surface area contributed by atoms with Gasteiger partial charge in [-0.3, -0.25) is 28.9 Å². The number of allylic oxidation sites excluding steroid dienone is 6. The fourth-order valence-corrected chi connectivity index (χ4v) is 19.4. The van der Waals surface area contributed by atoms with Crippen LogP contribution in [0.1, 0.15) is 163 Å². The van der Waals surface area contributed by atoms with E-state index in [9.17, 15) is 44.1 Å². The summed E-state index contributed by atoms with van der Waals surface area (Å²) >= 11 is 0. The van der Waals surface area contributed by atoms with Crippen molar-refractivity contribution in [3.63, 3.8) is 0 Å². The first kappa shape index (κ1) is 106. The number of carbonyl (C=O) groups excluding carboxylic acids is 6. The lowest BCUT2D eigenvalue weighted by atomic mass is 9.77. The number of hydrogen-bond acceptors (Lipinski definition) is 34. The number of cyclic esters (lactones) is 1. The lowest BCUT2D eigenvalue weighted by Gasteiger charge is -2.42. The van der Waals surface area contributed by atoms with Crippen molar-refractivity contribution in [3.8, 4) is 33.6 Å². The van der Waals surface area contributed by atoms with E-state index >= 15 is 0 Å². The molecule has 4 aliphatic heterocycles. The summed E-state index contributed by atoms with van der Waals surface area (Å²) in [6, 6.07) is 12.0. The number of esters is 1. The maximum atomic E-state index is 15.0. The van der Waals surface area contributed by atoms with Crippen molar-refractivity contribution in [1.82, 2.24) is 79.8 Å². The van der Waals surface area contributed by atoms with Crippen LogP contribution in [0.3, 0.4) is 0 Å². The van der Waals surface area contributed by atoms with Gasteiger partial charge in [0.1, 0.15) is 53.5 Å². The normalized spacial score (nSPS) is 26.5. The number of nitrogens with one attached hydrogen (secondary N) is 1. The molecule has 2 bridgehead atoms. The van der Waals surface area contributed by atoms with Crippen molar-refractivity contribution in [2.45, 2.75) is 231 Å². The molecule has 0 spiro atoms. The van der Waals surface area contributed by atoms with Crippen LogP contribution in [0.5, 0.6) is 0 Å². The number of oxazole rings is 1. The lowest BCUT2D eigenvalue weighted by Crippen LogP contribution is -2.61. The molecular formula is C101H141N19O20.